The van der Waals surface area contributed by atoms with Crippen molar-refractivity contribution >= 4 is 27.5 Å². The summed E-state index contributed by atoms with van der Waals surface area (Å²) in [7, 11) is -1.53. The molecule has 0 saturated heterocycles. The molecular formula is C39H44FN3O6S. The van der Waals surface area contributed by atoms with Crippen molar-refractivity contribution in [2.45, 2.75) is 69.0 Å². The molecule has 0 radical (unpaired) electrons. The lowest BCUT2D eigenvalue weighted by Crippen LogP contribution is -2.55. The molecule has 1 atom stereocenters. The smallest absolute Gasteiger partial charge is 0.264 e. The van der Waals surface area contributed by atoms with Gasteiger partial charge in [0.05, 0.1) is 24.8 Å². The number of halogens is 1. The van der Waals surface area contributed by atoms with E-state index in [0.29, 0.717) is 5.75 Å². The molecule has 1 aliphatic carbocycles. The van der Waals surface area contributed by atoms with Gasteiger partial charge >= 0.3 is 0 Å². The zero-order chi connectivity index (χ0) is 35.7. The maximum absolute atomic E-state index is 15.2. The fourth-order valence-electron chi connectivity index (χ4n) is 6.25. The molecule has 264 valence electrons. The van der Waals surface area contributed by atoms with Crippen LogP contribution < -0.4 is 19.1 Å². The van der Waals surface area contributed by atoms with Crippen molar-refractivity contribution in [2.24, 2.45) is 0 Å². The molecule has 9 nitrogen and oxygen atoms in total. The van der Waals surface area contributed by atoms with Gasteiger partial charge in [0.1, 0.15) is 18.4 Å². The monoisotopic (exact) mass is 701 g/mol. The average molecular weight is 702 g/mol. The molecule has 1 fully saturated rings. The Labute approximate surface area is 294 Å². The predicted molar refractivity (Wildman–Crippen MR) is 191 cm³/mol. The van der Waals surface area contributed by atoms with E-state index >= 15 is 4.39 Å². The first-order valence-corrected chi connectivity index (χ1v) is 18.2. The molecule has 0 bridgehead atoms. The normalized spacial score (nSPS) is 14.0. The molecular weight excluding hydrogens is 658 g/mol. The van der Waals surface area contributed by atoms with Crippen LogP contribution in [0.3, 0.4) is 0 Å². The molecule has 50 heavy (non-hydrogen) atoms. The Morgan fingerprint density at radius 1 is 0.860 bits per heavy atom. The summed E-state index contributed by atoms with van der Waals surface area (Å²) < 4.78 is 55.8. The van der Waals surface area contributed by atoms with E-state index in [1.54, 1.807) is 42.5 Å². The summed E-state index contributed by atoms with van der Waals surface area (Å²) in [5, 5.41) is 3.16. The number of sulfonamides is 1. The largest absolute Gasteiger partial charge is 0.493 e. The van der Waals surface area contributed by atoms with Crippen LogP contribution in [-0.2, 0) is 32.6 Å². The summed E-state index contributed by atoms with van der Waals surface area (Å²) in [6.45, 7) is 0.965. The van der Waals surface area contributed by atoms with Gasteiger partial charge in [0, 0.05) is 30.6 Å². The third-order valence-corrected chi connectivity index (χ3v) is 10.8. The van der Waals surface area contributed by atoms with E-state index in [-0.39, 0.29) is 46.8 Å². The zero-order valence-corrected chi connectivity index (χ0v) is 29.5. The van der Waals surface area contributed by atoms with E-state index in [9.17, 15) is 18.0 Å². The molecule has 1 saturated carbocycles. The van der Waals surface area contributed by atoms with Gasteiger partial charge in [0.15, 0.2) is 11.5 Å². The number of amides is 2. The first-order chi connectivity index (χ1) is 24.1. The number of benzene rings is 4. The number of hydrogen-bond acceptors (Lipinski definition) is 6. The van der Waals surface area contributed by atoms with Gasteiger partial charge in [-0.25, -0.2) is 12.8 Å². The van der Waals surface area contributed by atoms with Crippen molar-refractivity contribution in [3.63, 3.8) is 0 Å². The van der Waals surface area contributed by atoms with E-state index in [0.717, 1.165) is 47.5 Å². The average Bonchev–Trinajstić information content (AvgIpc) is 3.13. The van der Waals surface area contributed by atoms with Crippen LogP contribution in [0.4, 0.5) is 10.1 Å². The maximum Gasteiger partial charge on any atom is 0.264 e. The molecule has 4 aromatic carbocycles. The van der Waals surface area contributed by atoms with Crippen molar-refractivity contribution in [3.8, 4) is 11.5 Å². The number of methoxy groups -OCH3 is 2. The lowest BCUT2D eigenvalue weighted by atomic mass is 9.94. The zero-order valence-electron chi connectivity index (χ0n) is 28.7. The van der Waals surface area contributed by atoms with E-state index < -0.39 is 34.3 Å². The molecule has 0 spiro atoms. The van der Waals surface area contributed by atoms with Crippen molar-refractivity contribution in [3.05, 3.63) is 120 Å². The Morgan fingerprint density at radius 2 is 1.52 bits per heavy atom. The number of anilines is 1. The SMILES string of the molecule is COc1ccc(S(=O)(=O)N(CC(=O)N(Cc2ccccc2F)[C@H](Cc2ccccc2)C(=O)NC2CCCCC2)c2ccc(C)cc2)cc1OC. The lowest BCUT2D eigenvalue weighted by Gasteiger charge is -2.35. The molecule has 2 amide bonds. The molecule has 5 rings (SSSR count). The predicted octanol–water partition coefficient (Wildman–Crippen LogP) is 6.44. The molecule has 0 aliphatic heterocycles. The van der Waals surface area contributed by atoms with Gasteiger partial charge in [0.2, 0.25) is 11.8 Å². The van der Waals surface area contributed by atoms with Crippen LogP contribution in [0.5, 0.6) is 11.5 Å². The summed E-state index contributed by atoms with van der Waals surface area (Å²) in [6.07, 6.45) is 4.89. The van der Waals surface area contributed by atoms with Crippen LogP contribution in [0, 0.1) is 12.7 Å². The summed E-state index contributed by atoms with van der Waals surface area (Å²) in [5.74, 6) is -1.03. The standard InChI is InChI=1S/C39H44FN3O6S/c1-28-18-20-32(21-19-28)43(50(46,47)33-22-23-36(48-2)37(25-33)49-3)27-38(44)42(26-30-14-10-11-17-34(30)40)35(24-29-12-6-4-7-13-29)39(45)41-31-15-8-5-9-16-31/h4,6-7,10-14,17-23,25,31,35H,5,8-9,15-16,24,26-27H2,1-3H3,(H,41,45)/t35-/m1/s1. The first kappa shape index (κ1) is 36.4. The molecule has 0 unspecified atom stereocenters. The van der Waals surface area contributed by atoms with E-state index in [4.69, 9.17) is 9.47 Å². The highest BCUT2D eigenvalue weighted by Crippen LogP contribution is 2.33. The minimum Gasteiger partial charge on any atom is -0.493 e. The van der Waals surface area contributed by atoms with Gasteiger partial charge in [-0.1, -0.05) is 85.5 Å². The second kappa shape index (κ2) is 16.7. The Balaban J connectivity index is 1.58. The van der Waals surface area contributed by atoms with Crippen LogP contribution in [0.25, 0.3) is 0 Å². The number of nitrogens with zero attached hydrogens (tertiary/aromatic N) is 2. The van der Waals surface area contributed by atoms with Crippen molar-refractivity contribution in [2.75, 3.05) is 25.1 Å². The van der Waals surface area contributed by atoms with Gasteiger partial charge in [-0.05, 0) is 55.7 Å². The number of aryl methyl sites for hydroxylation is 1. The molecule has 0 aromatic heterocycles. The van der Waals surface area contributed by atoms with Gasteiger partial charge in [0.25, 0.3) is 10.0 Å². The Morgan fingerprint density at radius 3 is 2.18 bits per heavy atom. The number of hydrogen-bond donors (Lipinski definition) is 1. The van der Waals surface area contributed by atoms with Crippen LogP contribution >= 0.6 is 0 Å². The minimum absolute atomic E-state index is 0.0468. The molecule has 1 aliphatic rings. The van der Waals surface area contributed by atoms with E-state index in [1.165, 1.54) is 43.4 Å². The van der Waals surface area contributed by atoms with Gasteiger partial charge < -0.3 is 19.7 Å². The van der Waals surface area contributed by atoms with Crippen LogP contribution in [0.15, 0.2) is 102 Å². The second-order valence-electron chi connectivity index (χ2n) is 12.5. The lowest BCUT2D eigenvalue weighted by molar-refractivity contribution is -0.140. The quantitative estimate of drug-likeness (QED) is 0.162. The summed E-state index contributed by atoms with van der Waals surface area (Å²) in [5.41, 5.74) is 2.15. The van der Waals surface area contributed by atoms with Crippen LogP contribution in [0.1, 0.15) is 48.8 Å². The number of carbonyl (C=O) groups excluding carboxylic acids is 2. The third-order valence-electron chi connectivity index (χ3n) is 9.06. The molecule has 4 aromatic rings. The Bertz CT molecular complexity index is 1860. The summed E-state index contributed by atoms with van der Waals surface area (Å²) >= 11 is 0. The van der Waals surface area contributed by atoms with Crippen molar-refractivity contribution in [1.82, 2.24) is 10.2 Å². The summed E-state index contributed by atoms with van der Waals surface area (Å²) in [6, 6.07) is 25.2. The van der Waals surface area contributed by atoms with Gasteiger partial charge in [-0.2, -0.15) is 0 Å². The van der Waals surface area contributed by atoms with Crippen molar-refractivity contribution < 1.29 is 31.9 Å². The highest BCUT2D eigenvalue weighted by atomic mass is 32.2. The van der Waals surface area contributed by atoms with Crippen LogP contribution in [-0.4, -0.2) is 58.0 Å². The number of rotatable bonds is 14. The highest BCUT2D eigenvalue weighted by Gasteiger charge is 2.36. The Hall–Kier alpha value is -4.90. The fourth-order valence-corrected chi connectivity index (χ4v) is 7.68. The van der Waals surface area contributed by atoms with E-state index in [1.807, 2.05) is 37.3 Å². The maximum atomic E-state index is 15.2. The topological polar surface area (TPSA) is 105 Å². The third kappa shape index (κ3) is 8.81. The van der Waals surface area contributed by atoms with E-state index in [2.05, 4.69) is 5.32 Å². The van der Waals surface area contributed by atoms with Crippen LogP contribution in [0.2, 0.25) is 0 Å². The molecule has 0 heterocycles. The number of ether oxygens (including phenoxy) is 2. The van der Waals surface area contributed by atoms with Gasteiger partial charge in [-0.3, -0.25) is 13.9 Å². The minimum atomic E-state index is -4.39. The number of nitrogens with one attached hydrogen (secondary N) is 1. The fraction of sp³-hybridized carbons (Fsp3) is 0.333. The Kier molecular flexibility index (Phi) is 12.1. The summed E-state index contributed by atoms with van der Waals surface area (Å²) in [4.78, 5) is 30.1. The molecule has 1 N–H and O–H groups in total. The van der Waals surface area contributed by atoms with Gasteiger partial charge in [-0.15, -0.1) is 0 Å². The molecule has 11 heteroatoms. The highest BCUT2D eigenvalue weighted by molar-refractivity contribution is 7.92. The second-order valence-corrected chi connectivity index (χ2v) is 14.4. The first-order valence-electron chi connectivity index (χ1n) is 16.8. The number of carbonyl (C=O) groups is 2. The van der Waals surface area contributed by atoms with Crippen molar-refractivity contribution in [1.29, 1.82) is 0 Å².